The number of likely N-dealkylation sites (tertiary alicyclic amines) is 2. The van der Waals surface area contributed by atoms with Gasteiger partial charge in [-0.2, -0.15) is 0 Å². The Hall–Kier alpha value is -1.39. The second kappa shape index (κ2) is 7.25. The smallest absolute Gasteiger partial charge is 0.307 e. The zero-order chi connectivity index (χ0) is 15.4. The van der Waals surface area contributed by atoms with Crippen molar-refractivity contribution in [3.63, 3.8) is 0 Å². The van der Waals surface area contributed by atoms with Crippen molar-refractivity contribution < 1.29 is 9.90 Å². The Morgan fingerprint density at radius 1 is 1.09 bits per heavy atom. The van der Waals surface area contributed by atoms with Gasteiger partial charge in [-0.1, -0.05) is 30.3 Å². The molecule has 3 rings (SSSR count). The van der Waals surface area contributed by atoms with Gasteiger partial charge in [-0.15, -0.1) is 0 Å². The summed E-state index contributed by atoms with van der Waals surface area (Å²) in [4.78, 5) is 16.2. The number of aliphatic carboxylic acids is 1. The lowest BCUT2D eigenvalue weighted by atomic mass is 9.94. The molecule has 0 bridgehead atoms. The van der Waals surface area contributed by atoms with E-state index in [1.807, 2.05) is 0 Å². The van der Waals surface area contributed by atoms with Gasteiger partial charge in [0.15, 0.2) is 0 Å². The van der Waals surface area contributed by atoms with E-state index >= 15 is 0 Å². The molecule has 0 radical (unpaired) electrons. The van der Waals surface area contributed by atoms with Crippen LogP contribution in [0.2, 0.25) is 0 Å². The van der Waals surface area contributed by atoms with Gasteiger partial charge in [0.05, 0.1) is 5.92 Å². The van der Waals surface area contributed by atoms with Crippen LogP contribution >= 0.6 is 0 Å². The van der Waals surface area contributed by atoms with E-state index in [0.717, 1.165) is 45.6 Å². The minimum Gasteiger partial charge on any atom is -0.481 e. The number of hydrogen-bond acceptors (Lipinski definition) is 3. The molecule has 0 amide bonds. The summed E-state index contributed by atoms with van der Waals surface area (Å²) in [5.74, 6) is -0.776. The van der Waals surface area contributed by atoms with Crippen molar-refractivity contribution in [1.82, 2.24) is 9.80 Å². The number of benzene rings is 1. The third-order valence-corrected chi connectivity index (χ3v) is 5.12. The van der Waals surface area contributed by atoms with Crippen LogP contribution in [0.25, 0.3) is 0 Å². The van der Waals surface area contributed by atoms with E-state index in [-0.39, 0.29) is 5.92 Å². The van der Waals surface area contributed by atoms with Crippen molar-refractivity contribution in [2.75, 3.05) is 26.2 Å². The molecule has 1 aromatic carbocycles. The first kappa shape index (κ1) is 15.5. The third kappa shape index (κ3) is 3.87. The van der Waals surface area contributed by atoms with Crippen LogP contribution in [0.1, 0.15) is 31.2 Å². The van der Waals surface area contributed by atoms with Gasteiger partial charge >= 0.3 is 5.97 Å². The Morgan fingerprint density at radius 2 is 1.82 bits per heavy atom. The fraction of sp³-hybridized carbons (Fsp3) is 0.611. The van der Waals surface area contributed by atoms with Gasteiger partial charge in [0.25, 0.3) is 0 Å². The van der Waals surface area contributed by atoms with Crippen LogP contribution < -0.4 is 0 Å². The molecule has 1 aromatic rings. The lowest BCUT2D eigenvalue weighted by Gasteiger charge is -2.41. The molecule has 2 fully saturated rings. The summed E-state index contributed by atoms with van der Waals surface area (Å²) in [5.41, 5.74) is 1.38. The van der Waals surface area contributed by atoms with E-state index in [1.165, 1.54) is 18.4 Å². The maximum Gasteiger partial charge on any atom is 0.307 e. The topological polar surface area (TPSA) is 43.8 Å². The number of carboxylic acid groups (broad SMARTS) is 1. The van der Waals surface area contributed by atoms with Gasteiger partial charge in [-0.05, 0) is 50.9 Å². The first-order valence-corrected chi connectivity index (χ1v) is 8.45. The van der Waals surface area contributed by atoms with Crippen LogP contribution in [-0.2, 0) is 11.3 Å². The van der Waals surface area contributed by atoms with Gasteiger partial charge in [-0.25, -0.2) is 0 Å². The van der Waals surface area contributed by atoms with Crippen LogP contribution in [0, 0.1) is 5.92 Å². The van der Waals surface area contributed by atoms with Crippen LogP contribution in [0.15, 0.2) is 30.3 Å². The zero-order valence-corrected chi connectivity index (χ0v) is 13.2. The van der Waals surface area contributed by atoms with Gasteiger partial charge in [0.1, 0.15) is 0 Å². The fourth-order valence-corrected chi connectivity index (χ4v) is 3.82. The Balaban J connectivity index is 1.48. The van der Waals surface area contributed by atoms with Crippen LogP contribution in [0.5, 0.6) is 0 Å². The fourth-order valence-electron chi connectivity index (χ4n) is 3.82. The molecule has 1 atom stereocenters. The number of hydrogen-bond donors (Lipinski definition) is 1. The van der Waals surface area contributed by atoms with Gasteiger partial charge in [-0.3, -0.25) is 14.6 Å². The molecular weight excluding hydrogens is 276 g/mol. The van der Waals surface area contributed by atoms with E-state index in [1.54, 1.807) is 0 Å². The summed E-state index contributed by atoms with van der Waals surface area (Å²) in [7, 11) is 0. The lowest BCUT2D eigenvalue weighted by Crippen LogP contribution is -2.49. The Labute approximate surface area is 132 Å². The van der Waals surface area contributed by atoms with E-state index in [4.69, 9.17) is 0 Å². The molecule has 120 valence electrons. The second-order valence-corrected chi connectivity index (χ2v) is 6.67. The number of carbonyl (C=O) groups is 1. The SMILES string of the molecule is O=C(O)C1CCCN(C2CCN(Cc3ccccc3)CC2)C1. The van der Waals surface area contributed by atoms with E-state index in [2.05, 4.69) is 40.1 Å². The van der Waals surface area contributed by atoms with Crippen molar-refractivity contribution in [3.8, 4) is 0 Å². The largest absolute Gasteiger partial charge is 0.481 e. The highest BCUT2D eigenvalue weighted by Crippen LogP contribution is 2.24. The first-order valence-electron chi connectivity index (χ1n) is 8.45. The summed E-state index contributed by atoms with van der Waals surface area (Å²) < 4.78 is 0. The predicted octanol–water partition coefficient (Wildman–Crippen LogP) is 2.45. The minimum atomic E-state index is -0.619. The van der Waals surface area contributed by atoms with E-state index in [0.29, 0.717) is 6.04 Å². The number of rotatable bonds is 4. The minimum absolute atomic E-state index is 0.156. The molecule has 2 heterocycles. The summed E-state index contributed by atoms with van der Waals surface area (Å²) in [5, 5.41) is 9.23. The quantitative estimate of drug-likeness (QED) is 0.928. The van der Waals surface area contributed by atoms with Crippen molar-refractivity contribution in [2.24, 2.45) is 5.92 Å². The molecule has 2 aliphatic rings. The Kier molecular flexibility index (Phi) is 5.11. The van der Waals surface area contributed by atoms with Crippen LogP contribution in [-0.4, -0.2) is 53.1 Å². The zero-order valence-electron chi connectivity index (χ0n) is 13.2. The number of piperidine rings is 2. The average Bonchev–Trinajstić information content (AvgIpc) is 2.56. The monoisotopic (exact) mass is 302 g/mol. The Bertz CT molecular complexity index is 483. The molecular formula is C18H26N2O2. The standard InChI is InChI=1S/C18H26N2O2/c21-18(22)16-7-4-10-20(14-16)17-8-11-19(12-9-17)13-15-5-2-1-3-6-15/h1-3,5-6,16-17H,4,7-14H2,(H,21,22). The van der Waals surface area contributed by atoms with Crippen LogP contribution in [0.4, 0.5) is 0 Å². The first-order chi connectivity index (χ1) is 10.7. The van der Waals surface area contributed by atoms with E-state index < -0.39 is 5.97 Å². The lowest BCUT2D eigenvalue weighted by molar-refractivity contribution is -0.144. The molecule has 1 N–H and O–H groups in total. The highest BCUT2D eigenvalue weighted by atomic mass is 16.4. The molecule has 22 heavy (non-hydrogen) atoms. The highest BCUT2D eigenvalue weighted by Gasteiger charge is 2.31. The summed E-state index contributed by atoms with van der Waals surface area (Å²) in [6, 6.07) is 11.2. The molecule has 4 nitrogen and oxygen atoms in total. The average molecular weight is 302 g/mol. The van der Waals surface area contributed by atoms with Crippen molar-refractivity contribution in [3.05, 3.63) is 35.9 Å². The molecule has 0 aliphatic carbocycles. The molecule has 2 saturated heterocycles. The number of carboxylic acids is 1. The molecule has 0 spiro atoms. The number of nitrogens with zero attached hydrogens (tertiary/aromatic N) is 2. The molecule has 2 aliphatic heterocycles. The van der Waals surface area contributed by atoms with Gasteiger partial charge < -0.3 is 5.11 Å². The summed E-state index contributed by atoms with van der Waals surface area (Å²) in [6.45, 7) is 5.10. The van der Waals surface area contributed by atoms with Gasteiger partial charge in [0, 0.05) is 19.1 Å². The predicted molar refractivity (Wildman–Crippen MR) is 86.7 cm³/mol. The molecule has 4 heteroatoms. The molecule has 1 unspecified atom stereocenters. The maximum absolute atomic E-state index is 11.2. The summed E-state index contributed by atoms with van der Waals surface area (Å²) >= 11 is 0. The normalized spacial score (nSPS) is 25.2. The van der Waals surface area contributed by atoms with Crippen molar-refractivity contribution in [1.29, 1.82) is 0 Å². The highest BCUT2D eigenvalue weighted by molar-refractivity contribution is 5.70. The third-order valence-electron chi connectivity index (χ3n) is 5.12. The maximum atomic E-state index is 11.2. The molecule has 0 saturated carbocycles. The van der Waals surface area contributed by atoms with Gasteiger partial charge in [0.2, 0.25) is 0 Å². The summed E-state index contributed by atoms with van der Waals surface area (Å²) in [6.07, 6.45) is 4.21. The second-order valence-electron chi connectivity index (χ2n) is 6.67. The van der Waals surface area contributed by atoms with Crippen molar-refractivity contribution in [2.45, 2.75) is 38.3 Å². The van der Waals surface area contributed by atoms with Crippen molar-refractivity contribution >= 4 is 5.97 Å². The van der Waals surface area contributed by atoms with Crippen LogP contribution in [0.3, 0.4) is 0 Å². The van der Waals surface area contributed by atoms with E-state index in [9.17, 15) is 9.90 Å². The molecule has 0 aromatic heterocycles. The Morgan fingerprint density at radius 3 is 2.50 bits per heavy atom.